The predicted octanol–water partition coefficient (Wildman–Crippen LogP) is 0.942. The van der Waals surface area contributed by atoms with E-state index in [1.165, 1.54) is 36.9 Å². The first-order chi connectivity index (χ1) is 13.1. The van der Waals surface area contributed by atoms with Crippen molar-refractivity contribution in [1.82, 2.24) is 18.7 Å². The lowest BCUT2D eigenvalue weighted by Crippen LogP contribution is -2.37. The molecule has 0 spiro atoms. The number of anilines is 1. The third kappa shape index (κ3) is 3.16. The van der Waals surface area contributed by atoms with Crippen LogP contribution < -0.4 is 16.6 Å². The van der Waals surface area contributed by atoms with Crippen molar-refractivity contribution in [1.29, 1.82) is 0 Å². The number of nitro groups is 1. The van der Waals surface area contributed by atoms with E-state index in [2.05, 4.69) is 10.3 Å². The summed E-state index contributed by atoms with van der Waals surface area (Å²) in [5.74, 6) is -0.569. The van der Waals surface area contributed by atoms with Gasteiger partial charge in [-0.25, -0.2) is 4.79 Å². The van der Waals surface area contributed by atoms with Gasteiger partial charge in [0.05, 0.1) is 10.6 Å². The first-order valence-electron chi connectivity index (χ1n) is 7.98. The van der Waals surface area contributed by atoms with Crippen molar-refractivity contribution < 1.29 is 9.72 Å². The van der Waals surface area contributed by atoms with Gasteiger partial charge in [0, 0.05) is 26.2 Å². The third-order valence-corrected chi connectivity index (χ3v) is 4.60. The number of nitro benzene ring substituents is 1. The molecule has 146 valence electrons. The highest BCUT2D eigenvalue weighted by Crippen LogP contribution is 2.22. The topological polar surface area (TPSA) is 134 Å². The number of benzene rings is 1. The molecule has 0 aliphatic carbocycles. The predicted molar refractivity (Wildman–Crippen MR) is 102 cm³/mol. The zero-order valence-corrected chi connectivity index (χ0v) is 15.9. The molecule has 0 atom stereocenters. The van der Waals surface area contributed by atoms with Gasteiger partial charge in [0.2, 0.25) is 11.2 Å². The van der Waals surface area contributed by atoms with Crippen LogP contribution in [0.2, 0.25) is 5.28 Å². The molecule has 1 amide bonds. The van der Waals surface area contributed by atoms with Crippen LogP contribution in [0.4, 0.5) is 11.4 Å². The molecule has 0 aliphatic heterocycles. The lowest BCUT2D eigenvalue weighted by atomic mass is 10.2. The Kier molecular flexibility index (Phi) is 4.77. The lowest BCUT2D eigenvalue weighted by molar-refractivity contribution is -0.384. The summed E-state index contributed by atoms with van der Waals surface area (Å²) < 4.78 is 3.22. The van der Waals surface area contributed by atoms with Crippen LogP contribution in [0.5, 0.6) is 0 Å². The van der Waals surface area contributed by atoms with Crippen molar-refractivity contribution in [3.63, 3.8) is 0 Å². The van der Waals surface area contributed by atoms with Crippen molar-refractivity contribution >= 4 is 40.0 Å². The summed E-state index contributed by atoms with van der Waals surface area (Å²) in [7, 11) is 2.74. The number of nitrogens with zero attached hydrogens (tertiary/aromatic N) is 5. The van der Waals surface area contributed by atoms with Gasteiger partial charge in [-0.1, -0.05) is 6.07 Å². The number of hydrogen-bond acceptors (Lipinski definition) is 6. The normalized spacial score (nSPS) is 11.0. The number of amides is 1. The van der Waals surface area contributed by atoms with Crippen LogP contribution >= 0.6 is 11.6 Å². The fraction of sp³-hybridized carbons (Fsp3) is 0.250. The Bertz CT molecular complexity index is 1260. The Labute approximate surface area is 161 Å². The molecule has 12 heteroatoms. The molecule has 11 nitrogen and oxygen atoms in total. The van der Waals surface area contributed by atoms with Crippen LogP contribution in [-0.2, 0) is 25.4 Å². The molecule has 0 bridgehead atoms. The highest BCUT2D eigenvalue weighted by molar-refractivity contribution is 6.29. The lowest BCUT2D eigenvalue weighted by Gasteiger charge is -2.10. The van der Waals surface area contributed by atoms with Gasteiger partial charge in [0.1, 0.15) is 6.54 Å². The molecule has 3 aromatic rings. The van der Waals surface area contributed by atoms with Gasteiger partial charge < -0.3 is 5.32 Å². The van der Waals surface area contributed by atoms with Crippen molar-refractivity contribution in [3.8, 4) is 0 Å². The Morgan fingerprint density at radius 1 is 1.29 bits per heavy atom. The smallest absolute Gasteiger partial charge is 0.324 e. The number of rotatable bonds is 4. The van der Waals surface area contributed by atoms with E-state index in [1.54, 1.807) is 6.92 Å². The van der Waals surface area contributed by atoms with E-state index in [0.29, 0.717) is 5.56 Å². The zero-order chi connectivity index (χ0) is 20.7. The number of aromatic nitrogens is 4. The van der Waals surface area contributed by atoms with Crippen molar-refractivity contribution in [2.45, 2.75) is 13.5 Å². The molecule has 0 unspecified atom stereocenters. The van der Waals surface area contributed by atoms with E-state index in [4.69, 9.17) is 11.6 Å². The summed E-state index contributed by atoms with van der Waals surface area (Å²) in [6.07, 6.45) is 0. The van der Waals surface area contributed by atoms with Gasteiger partial charge in [0.25, 0.3) is 11.2 Å². The van der Waals surface area contributed by atoms with Crippen LogP contribution in [0.25, 0.3) is 11.2 Å². The molecule has 1 N–H and O–H groups in total. The minimum absolute atomic E-state index is 0.000476. The van der Waals surface area contributed by atoms with Gasteiger partial charge in [-0.15, -0.1) is 0 Å². The molecule has 2 aromatic heterocycles. The van der Waals surface area contributed by atoms with E-state index in [-0.39, 0.29) is 34.4 Å². The summed E-state index contributed by atoms with van der Waals surface area (Å²) in [5, 5.41) is 13.4. The first-order valence-corrected chi connectivity index (χ1v) is 8.36. The molecule has 1 aromatic carbocycles. The van der Waals surface area contributed by atoms with Crippen LogP contribution in [0, 0.1) is 17.0 Å². The summed E-state index contributed by atoms with van der Waals surface area (Å²) in [4.78, 5) is 51.3. The van der Waals surface area contributed by atoms with Gasteiger partial charge in [-0.3, -0.25) is 33.4 Å². The maximum Gasteiger partial charge on any atom is 0.332 e. The Morgan fingerprint density at radius 2 is 1.96 bits per heavy atom. The quantitative estimate of drug-likeness (QED) is 0.389. The summed E-state index contributed by atoms with van der Waals surface area (Å²) >= 11 is 6.08. The van der Waals surface area contributed by atoms with Gasteiger partial charge in [0.15, 0.2) is 11.2 Å². The molecule has 0 saturated carbocycles. The van der Waals surface area contributed by atoms with Gasteiger partial charge in [-0.2, -0.15) is 4.98 Å². The third-order valence-electron chi connectivity index (χ3n) is 4.31. The molecule has 3 rings (SSSR count). The molecule has 2 heterocycles. The molecule has 0 aliphatic rings. The van der Waals surface area contributed by atoms with Crippen molar-refractivity contribution in [3.05, 3.63) is 60.0 Å². The fourth-order valence-corrected chi connectivity index (χ4v) is 2.98. The number of non-ortho nitro benzene ring substituents is 1. The summed E-state index contributed by atoms with van der Waals surface area (Å²) in [6.45, 7) is 1.31. The highest BCUT2D eigenvalue weighted by Gasteiger charge is 2.20. The Balaban J connectivity index is 2.00. The van der Waals surface area contributed by atoms with Crippen LogP contribution in [0.3, 0.4) is 0 Å². The molecular formula is C16H15ClN6O5. The number of carbonyl (C=O) groups is 1. The van der Waals surface area contributed by atoms with Crippen molar-refractivity contribution in [2.24, 2.45) is 14.1 Å². The standard InChI is InChI=1S/C16H15ClN6O5/c1-8-4-5-9(23(27)28)6-10(8)18-11(24)7-22-12-13(19-15(22)17)20(2)16(26)21(3)14(12)25/h4-6H,7H2,1-3H3,(H,18,24). The van der Waals surface area contributed by atoms with Gasteiger partial charge >= 0.3 is 5.69 Å². The molecule has 0 radical (unpaired) electrons. The number of carbonyl (C=O) groups excluding carboxylic acids is 1. The Hall–Kier alpha value is -3.47. The minimum atomic E-state index is -0.642. The van der Waals surface area contributed by atoms with Crippen molar-refractivity contribution in [2.75, 3.05) is 5.32 Å². The maximum atomic E-state index is 12.5. The van der Waals surface area contributed by atoms with E-state index in [9.17, 15) is 24.5 Å². The number of nitrogens with one attached hydrogen (secondary N) is 1. The largest absolute Gasteiger partial charge is 0.332 e. The summed E-state index contributed by atoms with van der Waals surface area (Å²) in [6, 6.07) is 4.08. The van der Waals surface area contributed by atoms with Crippen LogP contribution in [-0.4, -0.2) is 29.5 Å². The zero-order valence-electron chi connectivity index (χ0n) is 15.1. The maximum absolute atomic E-state index is 12.5. The number of halogens is 1. The Morgan fingerprint density at radius 3 is 2.61 bits per heavy atom. The van der Waals surface area contributed by atoms with Crippen LogP contribution in [0.1, 0.15) is 5.56 Å². The average molecular weight is 407 g/mol. The SMILES string of the molecule is Cc1ccc([N+](=O)[O-])cc1NC(=O)Cn1c(Cl)nc2c1c(=O)n(C)c(=O)n2C. The highest BCUT2D eigenvalue weighted by atomic mass is 35.5. The number of imidazole rings is 1. The second kappa shape index (κ2) is 6.93. The fourth-order valence-electron chi connectivity index (χ4n) is 2.76. The van der Waals surface area contributed by atoms with Gasteiger partial charge in [-0.05, 0) is 24.1 Å². The first kappa shape index (κ1) is 19.3. The molecular weight excluding hydrogens is 392 g/mol. The number of aryl methyl sites for hydroxylation is 2. The van der Waals surface area contributed by atoms with E-state index in [1.807, 2.05) is 0 Å². The average Bonchev–Trinajstić information content (AvgIpc) is 2.96. The van der Waals surface area contributed by atoms with E-state index >= 15 is 0 Å². The second-order valence-corrected chi connectivity index (χ2v) is 6.49. The van der Waals surface area contributed by atoms with E-state index in [0.717, 1.165) is 9.13 Å². The van der Waals surface area contributed by atoms with Crippen LogP contribution in [0.15, 0.2) is 27.8 Å². The molecule has 0 saturated heterocycles. The molecule has 0 fully saturated rings. The number of fused-ring (bicyclic) bond motifs is 1. The summed E-state index contributed by atoms with van der Waals surface area (Å²) in [5.41, 5.74) is -0.444. The molecule has 28 heavy (non-hydrogen) atoms. The minimum Gasteiger partial charge on any atom is -0.324 e. The second-order valence-electron chi connectivity index (χ2n) is 6.15. The van der Waals surface area contributed by atoms with E-state index < -0.39 is 22.1 Å². The monoisotopic (exact) mass is 406 g/mol. The number of hydrogen-bond donors (Lipinski definition) is 1.